The fourth-order valence-corrected chi connectivity index (χ4v) is 3.01. The third-order valence-corrected chi connectivity index (χ3v) is 6.28. The first-order chi connectivity index (χ1) is 10.6. The first-order valence-corrected chi connectivity index (χ1v) is 9.36. The number of carbonyl (C=O) groups is 1. The maximum Gasteiger partial charge on any atom is 0.226 e. The minimum absolute atomic E-state index is 0.00424. The van der Waals surface area contributed by atoms with Gasteiger partial charge in [0, 0.05) is 37.3 Å². The Bertz CT molecular complexity index is 435. The lowest BCUT2D eigenvalue weighted by Gasteiger charge is -2.52. The Morgan fingerprint density at radius 3 is 1.88 bits per heavy atom. The van der Waals surface area contributed by atoms with Crippen molar-refractivity contribution in [3.05, 3.63) is 0 Å². The Hall–Kier alpha value is -0.610. The van der Waals surface area contributed by atoms with Crippen molar-refractivity contribution in [2.24, 2.45) is 16.7 Å². The highest BCUT2D eigenvalue weighted by Gasteiger charge is 2.47. The number of likely N-dealkylation sites (tertiary alicyclic amines) is 1. The van der Waals surface area contributed by atoms with E-state index in [0.29, 0.717) is 0 Å². The Kier molecular flexibility index (Phi) is 6.21. The van der Waals surface area contributed by atoms with E-state index in [0.717, 1.165) is 26.2 Å². The molecule has 0 aliphatic carbocycles. The van der Waals surface area contributed by atoms with E-state index in [2.05, 4.69) is 84.8 Å². The molecule has 0 aromatic rings. The molecule has 0 radical (unpaired) electrons. The molecule has 1 saturated heterocycles. The van der Waals surface area contributed by atoms with E-state index >= 15 is 0 Å². The van der Waals surface area contributed by atoms with Gasteiger partial charge in [0.1, 0.15) is 0 Å². The standard InChI is InChI=1S/C20H41N3O/c1-17(2,3)19(7,8)20(9,10)22-16(24)15-13-23(14-15)12-11-21-18(4,5)6/h15,21H,11-14H2,1-10H3,(H,22,24). The summed E-state index contributed by atoms with van der Waals surface area (Å²) in [6, 6.07) is 0. The van der Waals surface area contributed by atoms with Gasteiger partial charge in [0.15, 0.2) is 0 Å². The summed E-state index contributed by atoms with van der Waals surface area (Å²) in [5.41, 5.74) is 0.0323. The molecule has 4 nitrogen and oxygen atoms in total. The molecule has 0 spiro atoms. The van der Waals surface area contributed by atoms with Crippen molar-refractivity contribution in [2.75, 3.05) is 26.2 Å². The first-order valence-electron chi connectivity index (χ1n) is 9.36. The molecule has 0 atom stereocenters. The van der Waals surface area contributed by atoms with Crippen LogP contribution in [-0.2, 0) is 4.79 Å². The fraction of sp³-hybridized carbons (Fsp3) is 0.950. The lowest BCUT2D eigenvalue weighted by molar-refractivity contribution is -0.134. The lowest BCUT2D eigenvalue weighted by atomic mass is 9.59. The van der Waals surface area contributed by atoms with Crippen molar-refractivity contribution in [2.45, 2.75) is 80.3 Å². The minimum Gasteiger partial charge on any atom is -0.350 e. The minimum atomic E-state index is -0.240. The monoisotopic (exact) mass is 339 g/mol. The van der Waals surface area contributed by atoms with Crippen molar-refractivity contribution in [3.63, 3.8) is 0 Å². The summed E-state index contributed by atoms with van der Waals surface area (Å²) < 4.78 is 0. The van der Waals surface area contributed by atoms with E-state index in [1.165, 1.54) is 0 Å². The Morgan fingerprint density at radius 1 is 0.958 bits per heavy atom. The number of amides is 1. The zero-order valence-corrected chi connectivity index (χ0v) is 17.8. The molecule has 1 rings (SSSR count). The van der Waals surface area contributed by atoms with Crippen LogP contribution in [0.5, 0.6) is 0 Å². The zero-order chi connectivity index (χ0) is 19.0. The van der Waals surface area contributed by atoms with E-state index in [4.69, 9.17) is 0 Å². The second-order valence-corrected chi connectivity index (χ2v) is 10.6. The van der Waals surface area contributed by atoms with Gasteiger partial charge in [-0.05, 0) is 45.4 Å². The van der Waals surface area contributed by atoms with Gasteiger partial charge in [-0.15, -0.1) is 0 Å². The van der Waals surface area contributed by atoms with E-state index in [9.17, 15) is 4.79 Å². The third kappa shape index (κ3) is 5.19. The zero-order valence-electron chi connectivity index (χ0n) is 17.8. The number of nitrogens with zero attached hydrogens (tertiary/aromatic N) is 1. The molecular weight excluding hydrogens is 298 g/mol. The van der Waals surface area contributed by atoms with Gasteiger partial charge in [-0.2, -0.15) is 0 Å². The number of hydrogen-bond acceptors (Lipinski definition) is 3. The molecule has 2 N–H and O–H groups in total. The smallest absolute Gasteiger partial charge is 0.226 e. The second-order valence-electron chi connectivity index (χ2n) is 10.6. The van der Waals surface area contributed by atoms with Gasteiger partial charge in [-0.1, -0.05) is 34.6 Å². The molecular formula is C20H41N3O. The average molecular weight is 340 g/mol. The van der Waals surface area contributed by atoms with Crippen LogP contribution >= 0.6 is 0 Å². The maximum absolute atomic E-state index is 12.6. The van der Waals surface area contributed by atoms with Crippen molar-refractivity contribution in [1.82, 2.24) is 15.5 Å². The number of carbonyl (C=O) groups excluding carboxylic acids is 1. The molecule has 1 aliphatic rings. The van der Waals surface area contributed by atoms with Gasteiger partial charge in [-0.25, -0.2) is 0 Å². The van der Waals surface area contributed by atoms with Gasteiger partial charge >= 0.3 is 0 Å². The van der Waals surface area contributed by atoms with Crippen molar-refractivity contribution >= 4 is 5.91 Å². The quantitative estimate of drug-likeness (QED) is 0.780. The number of nitrogens with one attached hydrogen (secondary N) is 2. The molecule has 24 heavy (non-hydrogen) atoms. The molecule has 0 aromatic heterocycles. The van der Waals surface area contributed by atoms with Gasteiger partial charge in [0.2, 0.25) is 5.91 Å². The molecule has 0 bridgehead atoms. The lowest BCUT2D eigenvalue weighted by Crippen LogP contribution is -2.63. The highest BCUT2D eigenvalue weighted by atomic mass is 16.2. The first kappa shape index (κ1) is 21.4. The summed E-state index contributed by atoms with van der Waals surface area (Å²) in [6.07, 6.45) is 0. The highest BCUT2D eigenvalue weighted by molar-refractivity contribution is 5.80. The van der Waals surface area contributed by atoms with Crippen LogP contribution in [0.3, 0.4) is 0 Å². The fourth-order valence-electron chi connectivity index (χ4n) is 3.01. The molecule has 0 saturated carbocycles. The van der Waals surface area contributed by atoms with Crippen molar-refractivity contribution in [1.29, 1.82) is 0 Å². The van der Waals surface area contributed by atoms with E-state index in [1.54, 1.807) is 0 Å². The Labute approximate surface area is 150 Å². The molecule has 0 unspecified atom stereocenters. The van der Waals surface area contributed by atoms with Crippen LogP contribution in [0.2, 0.25) is 0 Å². The van der Waals surface area contributed by atoms with E-state index in [-0.39, 0.29) is 33.7 Å². The highest BCUT2D eigenvalue weighted by Crippen LogP contribution is 2.46. The van der Waals surface area contributed by atoms with Crippen LogP contribution in [0.25, 0.3) is 0 Å². The number of rotatable bonds is 6. The third-order valence-electron chi connectivity index (χ3n) is 6.28. The number of hydrogen-bond donors (Lipinski definition) is 2. The van der Waals surface area contributed by atoms with Crippen LogP contribution < -0.4 is 10.6 Å². The summed E-state index contributed by atoms with van der Waals surface area (Å²) in [4.78, 5) is 15.0. The molecule has 1 aliphatic heterocycles. The summed E-state index contributed by atoms with van der Waals surface area (Å²) in [7, 11) is 0. The van der Waals surface area contributed by atoms with Crippen LogP contribution in [0, 0.1) is 16.7 Å². The van der Waals surface area contributed by atoms with Crippen molar-refractivity contribution in [3.8, 4) is 0 Å². The molecule has 4 heteroatoms. The molecule has 142 valence electrons. The maximum atomic E-state index is 12.6. The topological polar surface area (TPSA) is 44.4 Å². The molecule has 0 aromatic carbocycles. The molecule has 1 amide bonds. The van der Waals surface area contributed by atoms with Gasteiger partial charge in [-0.3, -0.25) is 4.79 Å². The summed E-state index contributed by atoms with van der Waals surface area (Å²) >= 11 is 0. The van der Waals surface area contributed by atoms with Crippen LogP contribution in [-0.4, -0.2) is 48.1 Å². The second kappa shape index (κ2) is 6.95. The van der Waals surface area contributed by atoms with Crippen LogP contribution in [0.4, 0.5) is 0 Å². The predicted octanol–water partition coefficient (Wildman–Crippen LogP) is 3.27. The predicted molar refractivity (Wildman–Crippen MR) is 103 cm³/mol. The van der Waals surface area contributed by atoms with E-state index in [1.807, 2.05) is 0 Å². The van der Waals surface area contributed by atoms with Gasteiger partial charge < -0.3 is 15.5 Å². The summed E-state index contributed by atoms with van der Waals surface area (Å²) in [5, 5.41) is 6.82. The van der Waals surface area contributed by atoms with Crippen LogP contribution in [0.1, 0.15) is 69.2 Å². The largest absolute Gasteiger partial charge is 0.350 e. The average Bonchev–Trinajstić information content (AvgIpc) is 2.27. The van der Waals surface area contributed by atoms with E-state index < -0.39 is 0 Å². The molecule has 1 heterocycles. The Morgan fingerprint density at radius 2 is 1.46 bits per heavy atom. The normalized spacial score (nSPS) is 18.4. The summed E-state index contributed by atoms with van der Waals surface area (Å²) in [5.74, 6) is 0.340. The van der Waals surface area contributed by atoms with Gasteiger partial charge in [0.25, 0.3) is 0 Å². The van der Waals surface area contributed by atoms with Gasteiger partial charge in [0.05, 0.1) is 5.92 Å². The van der Waals surface area contributed by atoms with Crippen molar-refractivity contribution < 1.29 is 4.79 Å². The molecule has 1 fully saturated rings. The summed E-state index contributed by atoms with van der Waals surface area (Å²) in [6.45, 7) is 25.8. The van der Waals surface area contributed by atoms with Crippen LogP contribution in [0.15, 0.2) is 0 Å². The Balaban J connectivity index is 2.46. The SMILES string of the molecule is CC(C)(C)NCCN1CC(C(=O)NC(C)(C)C(C)(C)C(C)(C)C)C1.